The molecular formula is C15H14N4O2. The highest BCUT2D eigenvalue weighted by molar-refractivity contribution is 6.12. The number of anilines is 4. The van der Waals surface area contributed by atoms with Crippen LogP contribution in [-0.4, -0.2) is 18.5 Å². The van der Waals surface area contributed by atoms with Crippen molar-refractivity contribution in [1.82, 2.24) is 0 Å². The van der Waals surface area contributed by atoms with E-state index in [2.05, 4.69) is 10.6 Å². The lowest BCUT2D eigenvalue weighted by molar-refractivity contribution is -0.115. The van der Waals surface area contributed by atoms with Gasteiger partial charge in [-0.05, 0) is 30.3 Å². The number of urea groups is 1. The highest BCUT2D eigenvalue weighted by atomic mass is 16.2. The van der Waals surface area contributed by atoms with Crippen molar-refractivity contribution in [3.8, 4) is 0 Å². The number of hydrogen-bond acceptors (Lipinski definition) is 3. The van der Waals surface area contributed by atoms with E-state index in [0.29, 0.717) is 22.7 Å². The van der Waals surface area contributed by atoms with Crippen LogP contribution < -0.4 is 21.3 Å². The third kappa shape index (κ3) is 2.64. The number of benzene rings is 2. The summed E-state index contributed by atoms with van der Waals surface area (Å²) in [4.78, 5) is 25.5. The van der Waals surface area contributed by atoms with Gasteiger partial charge in [-0.3, -0.25) is 9.69 Å². The largest absolute Gasteiger partial charge is 0.399 e. The van der Waals surface area contributed by atoms with Crippen LogP contribution in [0.3, 0.4) is 0 Å². The number of amides is 3. The third-order valence-corrected chi connectivity index (χ3v) is 3.15. The number of nitrogen functional groups attached to an aromatic ring is 1. The number of rotatable bonds is 1. The Morgan fingerprint density at radius 2 is 2.00 bits per heavy atom. The molecule has 0 aromatic heterocycles. The summed E-state index contributed by atoms with van der Waals surface area (Å²) in [6.45, 7) is -0.0227. The van der Waals surface area contributed by atoms with Gasteiger partial charge in [0.05, 0.1) is 11.4 Å². The zero-order valence-corrected chi connectivity index (χ0v) is 11.2. The van der Waals surface area contributed by atoms with Crippen molar-refractivity contribution in [1.29, 1.82) is 0 Å². The number of nitrogens with one attached hydrogen (secondary N) is 2. The van der Waals surface area contributed by atoms with Crippen molar-refractivity contribution in [3.05, 3.63) is 48.5 Å². The Balaban J connectivity index is 1.86. The molecule has 3 amide bonds. The van der Waals surface area contributed by atoms with Gasteiger partial charge in [0.15, 0.2) is 0 Å². The SMILES string of the molecule is Nc1cccc(NC(=O)N2CC(=O)Nc3ccccc32)c1. The number of nitrogens with two attached hydrogens (primary N) is 1. The van der Waals surface area contributed by atoms with E-state index in [1.807, 2.05) is 6.07 Å². The van der Waals surface area contributed by atoms with Gasteiger partial charge in [-0.2, -0.15) is 0 Å². The van der Waals surface area contributed by atoms with Gasteiger partial charge in [0, 0.05) is 11.4 Å². The van der Waals surface area contributed by atoms with E-state index in [1.54, 1.807) is 42.5 Å². The van der Waals surface area contributed by atoms with Crippen LogP contribution in [0.5, 0.6) is 0 Å². The molecule has 0 aliphatic carbocycles. The molecular weight excluding hydrogens is 268 g/mol. The number of fused-ring (bicyclic) bond motifs is 1. The molecule has 2 aromatic rings. The first kappa shape index (κ1) is 13.0. The molecule has 1 aliphatic rings. The zero-order chi connectivity index (χ0) is 14.8. The summed E-state index contributed by atoms with van der Waals surface area (Å²) in [5.74, 6) is -0.226. The van der Waals surface area contributed by atoms with Crippen LogP contribution in [0.2, 0.25) is 0 Å². The number of para-hydroxylation sites is 2. The number of hydrogen-bond donors (Lipinski definition) is 3. The van der Waals surface area contributed by atoms with E-state index in [1.165, 1.54) is 4.90 Å². The summed E-state index contributed by atoms with van der Waals surface area (Å²) in [7, 11) is 0. The van der Waals surface area contributed by atoms with Crippen molar-refractivity contribution < 1.29 is 9.59 Å². The molecule has 1 heterocycles. The minimum absolute atomic E-state index is 0.0227. The lowest BCUT2D eigenvalue weighted by Gasteiger charge is -2.29. The van der Waals surface area contributed by atoms with Crippen molar-refractivity contribution in [2.24, 2.45) is 0 Å². The monoisotopic (exact) mass is 282 g/mol. The van der Waals surface area contributed by atoms with Crippen molar-refractivity contribution in [3.63, 3.8) is 0 Å². The van der Waals surface area contributed by atoms with Crippen molar-refractivity contribution in [2.75, 3.05) is 27.8 Å². The van der Waals surface area contributed by atoms with E-state index in [4.69, 9.17) is 5.73 Å². The fourth-order valence-electron chi connectivity index (χ4n) is 2.22. The van der Waals surface area contributed by atoms with E-state index >= 15 is 0 Å². The molecule has 2 aromatic carbocycles. The molecule has 6 heteroatoms. The summed E-state index contributed by atoms with van der Waals surface area (Å²) in [6.07, 6.45) is 0. The normalized spacial score (nSPS) is 13.3. The van der Waals surface area contributed by atoms with E-state index in [-0.39, 0.29) is 18.5 Å². The molecule has 1 aliphatic heterocycles. The molecule has 21 heavy (non-hydrogen) atoms. The molecule has 0 fully saturated rings. The molecule has 0 bridgehead atoms. The molecule has 3 rings (SSSR count). The smallest absolute Gasteiger partial charge is 0.326 e. The van der Waals surface area contributed by atoms with Gasteiger partial charge in [-0.1, -0.05) is 18.2 Å². The Bertz CT molecular complexity index is 714. The second-order valence-electron chi connectivity index (χ2n) is 4.71. The zero-order valence-electron chi connectivity index (χ0n) is 11.2. The minimum atomic E-state index is -0.372. The molecule has 0 unspecified atom stereocenters. The highest BCUT2D eigenvalue weighted by Gasteiger charge is 2.26. The molecule has 0 saturated heterocycles. The first-order valence-electron chi connectivity index (χ1n) is 6.46. The average molecular weight is 282 g/mol. The van der Waals surface area contributed by atoms with Crippen LogP contribution in [0.4, 0.5) is 27.5 Å². The van der Waals surface area contributed by atoms with Gasteiger partial charge in [-0.25, -0.2) is 4.79 Å². The maximum atomic E-state index is 12.4. The molecule has 0 saturated carbocycles. The van der Waals surface area contributed by atoms with E-state index in [9.17, 15) is 9.59 Å². The number of carbonyl (C=O) groups is 2. The first-order chi connectivity index (χ1) is 10.1. The van der Waals surface area contributed by atoms with Gasteiger partial charge >= 0.3 is 6.03 Å². The Kier molecular flexibility index (Phi) is 3.19. The Morgan fingerprint density at radius 1 is 1.19 bits per heavy atom. The van der Waals surface area contributed by atoms with Gasteiger partial charge < -0.3 is 16.4 Å². The predicted octanol–water partition coefficient (Wildman–Crippen LogP) is 2.26. The van der Waals surface area contributed by atoms with Gasteiger partial charge in [0.1, 0.15) is 6.54 Å². The summed E-state index contributed by atoms with van der Waals surface area (Å²) in [5, 5.41) is 5.48. The Morgan fingerprint density at radius 3 is 2.81 bits per heavy atom. The summed E-state index contributed by atoms with van der Waals surface area (Å²) < 4.78 is 0. The van der Waals surface area contributed by atoms with Crippen LogP contribution in [0.15, 0.2) is 48.5 Å². The fourth-order valence-corrected chi connectivity index (χ4v) is 2.22. The molecule has 0 atom stereocenters. The minimum Gasteiger partial charge on any atom is -0.399 e. The molecule has 6 nitrogen and oxygen atoms in total. The number of carbonyl (C=O) groups excluding carboxylic acids is 2. The second kappa shape index (κ2) is 5.16. The van der Waals surface area contributed by atoms with Gasteiger partial charge in [0.25, 0.3) is 0 Å². The molecule has 0 spiro atoms. The van der Waals surface area contributed by atoms with Crippen LogP contribution in [0, 0.1) is 0 Å². The first-order valence-corrected chi connectivity index (χ1v) is 6.46. The lowest BCUT2D eigenvalue weighted by Crippen LogP contribution is -2.44. The average Bonchev–Trinajstić information content (AvgIpc) is 2.46. The van der Waals surface area contributed by atoms with Gasteiger partial charge in [-0.15, -0.1) is 0 Å². The Labute approximate surface area is 121 Å². The Hall–Kier alpha value is -3.02. The van der Waals surface area contributed by atoms with Crippen LogP contribution in [0.1, 0.15) is 0 Å². The molecule has 0 radical (unpaired) electrons. The summed E-state index contributed by atoms with van der Waals surface area (Å²) in [6, 6.07) is 13.7. The lowest BCUT2D eigenvalue weighted by atomic mass is 10.2. The molecule has 4 N–H and O–H groups in total. The predicted molar refractivity (Wildman–Crippen MR) is 82.3 cm³/mol. The van der Waals surface area contributed by atoms with Crippen LogP contribution >= 0.6 is 0 Å². The number of nitrogens with zero attached hydrogens (tertiary/aromatic N) is 1. The van der Waals surface area contributed by atoms with Crippen molar-refractivity contribution in [2.45, 2.75) is 0 Å². The summed E-state index contributed by atoms with van der Waals surface area (Å²) >= 11 is 0. The van der Waals surface area contributed by atoms with E-state index in [0.717, 1.165) is 0 Å². The second-order valence-corrected chi connectivity index (χ2v) is 4.71. The summed E-state index contributed by atoms with van der Waals surface area (Å²) in [5.41, 5.74) is 8.12. The molecule has 106 valence electrons. The van der Waals surface area contributed by atoms with E-state index < -0.39 is 0 Å². The topological polar surface area (TPSA) is 87.5 Å². The standard InChI is InChI=1S/C15H14N4O2/c16-10-4-3-5-11(8-10)17-15(21)19-9-14(20)18-12-6-1-2-7-13(12)19/h1-8H,9,16H2,(H,17,21)(H,18,20). The van der Waals surface area contributed by atoms with Crippen LogP contribution in [-0.2, 0) is 4.79 Å². The van der Waals surface area contributed by atoms with Crippen LogP contribution in [0.25, 0.3) is 0 Å². The highest BCUT2D eigenvalue weighted by Crippen LogP contribution is 2.29. The maximum Gasteiger partial charge on any atom is 0.326 e. The fraction of sp³-hybridized carbons (Fsp3) is 0.0667. The van der Waals surface area contributed by atoms with Crippen molar-refractivity contribution >= 4 is 34.7 Å². The van der Waals surface area contributed by atoms with Gasteiger partial charge in [0.2, 0.25) is 5.91 Å². The maximum absolute atomic E-state index is 12.4. The quantitative estimate of drug-likeness (QED) is 0.701. The third-order valence-electron chi connectivity index (χ3n) is 3.15.